The van der Waals surface area contributed by atoms with E-state index in [1.807, 2.05) is 54.6 Å². The molecule has 0 saturated carbocycles. The van der Waals surface area contributed by atoms with Crippen LogP contribution in [0.15, 0.2) is 59.5 Å². The molecule has 6 heteroatoms. The first-order valence-corrected chi connectivity index (χ1v) is 9.84. The molecule has 0 bridgehead atoms. The summed E-state index contributed by atoms with van der Waals surface area (Å²) in [5.74, 6) is -1.42. The number of benzene rings is 2. The van der Waals surface area contributed by atoms with E-state index in [4.69, 9.17) is 12.2 Å². The minimum absolute atomic E-state index is 0.209. The molecule has 3 rings (SSSR count). The summed E-state index contributed by atoms with van der Waals surface area (Å²) in [6, 6.07) is 16.2. The number of nitrogens with zero attached hydrogens (tertiary/aromatic N) is 1. The van der Waals surface area contributed by atoms with Crippen LogP contribution in [0.25, 0.3) is 6.08 Å². The van der Waals surface area contributed by atoms with Gasteiger partial charge in [0.1, 0.15) is 10.4 Å². The van der Waals surface area contributed by atoms with Crippen molar-refractivity contribution in [3.63, 3.8) is 0 Å². The van der Waals surface area contributed by atoms with Crippen molar-refractivity contribution in [2.24, 2.45) is 0 Å². The van der Waals surface area contributed by atoms with Gasteiger partial charge in [0.05, 0.1) is 4.91 Å². The van der Waals surface area contributed by atoms with Gasteiger partial charge >= 0.3 is 5.97 Å². The molecule has 27 heavy (non-hydrogen) atoms. The quantitative estimate of drug-likeness (QED) is 0.586. The lowest BCUT2D eigenvalue weighted by Gasteiger charge is -2.23. The summed E-state index contributed by atoms with van der Waals surface area (Å²) in [4.78, 5) is 26.4. The predicted molar refractivity (Wildman–Crippen MR) is 112 cm³/mol. The number of amides is 1. The number of carboxylic acids is 1. The lowest BCUT2D eigenvalue weighted by Crippen LogP contribution is -2.45. The van der Waals surface area contributed by atoms with Crippen LogP contribution in [0.2, 0.25) is 0 Å². The molecule has 0 aliphatic carbocycles. The first-order valence-electron chi connectivity index (χ1n) is 8.62. The van der Waals surface area contributed by atoms with Gasteiger partial charge in [-0.05, 0) is 29.2 Å². The fraction of sp³-hybridized carbons (Fsp3) is 0.190. The van der Waals surface area contributed by atoms with Gasteiger partial charge < -0.3 is 5.11 Å². The van der Waals surface area contributed by atoms with Crippen LogP contribution in [0.5, 0.6) is 0 Å². The van der Waals surface area contributed by atoms with Gasteiger partial charge in [-0.1, -0.05) is 85.5 Å². The summed E-state index contributed by atoms with van der Waals surface area (Å²) in [5.41, 5.74) is 2.95. The van der Waals surface area contributed by atoms with E-state index in [0.717, 1.165) is 29.3 Å². The van der Waals surface area contributed by atoms with Gasteiger partial charge in [-0.2, -0.15) is 0 Å². The van der Waals surface area contributed by atoms with Crippen LogP contribution in [0.4, 0.5) is 0 Å². The number of hydrogen-bond acceptors (Lipinski definition) is 4. The van der Waals surface area contributed by atoms with Crippen LogP contribution in [0.1, 0.15) is 23.6 Å². The van der Waals surface area contributed by atoms with Crippen molar-refractivity contribution in [2.45, 2.75) is 25.8 Å². The number of hydrogen-bond donors (Lipinski definition) is 1. The molecule has 138 valence electrons. The number of carbonyl (C=O) groups excluding carboxylic acids is 1. The van der Waals surface area contributed by atoms with E-state index < -0.39 is 12.0 Å². The van der Waals surface area contributed by atoms with Crippen molar-refractivity contribution in [3.05, 3.63) is 76.2 Å². The Morgan fingerprint density at radius 3 is 2.41 bits per heavy atom. The average Bonchev–Trinajstić information content (AvgIpc) is 2.94. The smallest absolute Gasteiger partial charge is 0.327 e. The average molecular weight is 398 g/mol. The minimum atomic E-state index is -1.07. The molecule has 1 fully saturated rings. The zero-order valence-corrected chi connectivity index (χ0v) is 16.4. The Morgan fingerprint density at radius 1 is 1.15 bits per heavy atom. The second-order valence-corrected chi connectivity index (χ2v) is 7.87. The second kappa shape index (κ2) is 8.50. The SMILES string of the molecule is CCc1ccc(C=C2SC(=S)N(C(Cc3ccccc3)C(=O)O)C2=O)cc1. The Morgan fingerprint density at radius 2 is 1.81 bits per heavy atom. The fourth-order valence-corrected chi connectivity index (χ4v) is 4.23. The predicted octanol–water partition coefficient (Wildman–Crippen LogP) is 4.15. The monoisotopic (exact) mass is 397 g/mol. The van der Waals surface area contributed by atoms with Crippen molar-refractivity contribution in [3.8, 4) is 0 Å². The first-order chi connectivity index (χ1) is 13.0. The Bertz CT molecular complexity index is 891. The standard InChI is InChI=1S/C21H19NO3S2/c1-2-14-8-10-16(11-9-14)13-18-19(23)22(21(26)27-18)17(20(24)25)12-15-6-4-3-5-7-15/h3-11,13,17H,2,12H2,1H3,(H,24,25). The van der Waals surface area contributed by atoms with Crippen LogP contribution in [-0.4, -0.2) is 32.2 Å². The molecule has 0 radical (unpaired) electrons. The molecule has 1 aliphatic heterocycles. The maximum atomic E-state index is 12.9. The van der Waals surface area contributed by atoms with Crippen molar-refractivity contribution in [1.82, 2.24) is 4.90 Å². The molecule has 0 spiro atoms. The van der Waals surface area contributed by atoms with Gasteiger partial charge in [0.25, 0.3) is 5.91 Å². The van der Waals surface area contributed by atoms with Crippen molar-refractivity contribution in [1.29, 1.82) is 0 Å². The van der Waals surface area contributed by atoms with Crippen LogP contribution in [0, 0.1) is 0 Å². The summed E-state index contributed by atoms with van der Waals surface area (Å²) in [7, 11) is 0. The highest BCUT2D eigenvalue weighted by atomic mass is 32.2. The summed E-state index contributed by atoms with van der Waals surface area (Å²) in [6.45, 7) is 2.08. The molecule has 1 atom stereocenters. The lowest BCUT2D eigenvalue weighted by atomic mass is 10.0. The minimum Gasteiger partial charge on any atom is -0.480 e. The number of carboxylic acid groups (broad SMARTS) is 1. The highest BCUT2D eigenvalue weighted by molar-refractivity contribution is 8.26. The largest absolute Gasteiger partial charge is 0.480 e. The fourth-order valence-electron chi connectivity index (χ4n) is 2.88. The van der Waals surface area contributed by atoms with Gasteiger partial charge in [-0.25, -0.2) is 4.79 Å². The Hall–Kier alpha value is -2.44. The topological polar surface area (TPSA) is 57.6 Å². The third kappa shape index (κ3) is 4.46. The number of carbonyl (C=O) groups is 2. The van der Waals surface area contributed by atoms with Crippen molar-refractivity contribution >= 4 is 46.3 Å². The van der Waals surface area contributed by atoms with E-state index >= 15 is 0 Å². The summed E-state index contributed by atoms with van der Waals surface area (Å²) in [6.07, 6.45) is 2.92. The normalized spacial score (nSPS) is 16.8. The molecule has 0 aromatic heterocycles. The lowest BCUT2D eigenvalue weighted by molar-refractivity contribution is -0.145. The molecule has 2 aromatic carbocycles. The molecule has 1 saturated heterocycles. The molecule has 1 heterocycles. The third-order valence-electron chi connectivity index (χ3n) is 4.38. The van der Waals surface area contributed by atoms with Crippen LogP contribution < -0.4 is 0 Å². The highest BCUT2D eigenvalue weighted by Gasteiger charge is 2.40. The maximum Gasteiger partial charge on any atom is 0.327 e. The Labute approximate surface area is 167 Å². The summed E-state index contributed by atoms with van der Waals surface area (Å²) in [5, 5.41) is 9.68. The summed E-state index contributed by atoms with van der Waals surface area (Å²) >= 11 is 6.47. The van der Waals surface area contributed by atoms with Gasteiger partial charge in [0.15, 0.2) is 0 Å². The van der Waals surface area contributed by atoms with Gasteiger partial charge in [0.2, 0.25) is 0 Å². The van der Waals surface area contributed by atoms with Crippen LogP contribution >= 0.6 is 24.0 Å². The van der Waals surface area contributed by atoms with Crippen LogP contribution in [0.3, 0.4) is 0 Å². The molecule has 1 amide bonds. The number of aryl methyl sites for hydroxylation is 1. The van der Waals surface area contributed by atoms with E-state index in [-0.39, 0.29) is 16.6 Å². The Kier molecular flexibility index (Phi) is 6.08. The highest BCUT2D eigenvalue weighted by Crippen LogP contribution is 2.34. The zero-order valence-electron chi connectivity index (χ0n) is 14.8. The van der Waals surface area contributed by atoms with E-state index in [2.05, 4.69) is 6.92 Å². The van der Waals surface area contributed by atoms with E-state index in [9.17, 15) is 14.7 Å². The van der Waals surface area contributed by atoms with Crippen molar-refractivity contribution < 1.29 is 14.7 Å². The molecule has 2 aromatic rings. The van der Waals surface area contributed by atoms with Crippen LogP contribution in [-0.2, 0) is 22.4 Å². The molecule has 4 nitrogen and oxygen atoms in total. The van der Waals surface area contributed by atoms with E-state index in [1.165, 1.54) is 10.5 Å². The third-order valence-corrected chi connectivity index (χ3v) is 5.71. The number of thiocarbonyl (C=S) groups is 1. The number of thioether (sulfide) groups is 1. The molecule has 1 aliphatic rings. The summed E-state index contributed by atoms with van der Waals surface area (Å²) < 4.78 is 0.278. The Balaban J connectivity index is 1.84. The first kappa shape index (κ1) is 19.3. The second-order valence-electron chi connectivity index (χ2n) is 6.19. The molecule has 1 unspecified atom stereocenters. The van der Waals surface area contributed by atoms with E-state index in [0.29, 0.717) is 4.91 Å². The van der Waals surface area contributed by atoms with Gasteiger partial charge in [-0.3, -0.25) is 9.69 Å². The van der Waals surface area contributed by atoms with Gasteiger partial charge in [0, 0.05) is 6.42 Å². The molecule has 1 N–H and O–H groups in total. The van der Waals surface area contributed by atoms with Crippen molar-refractivity contribution in [2.75, 3.05) is 0 Å². The van der Waals surface area contributed by atoms with E-state index in [1.54, 1.807) is 6.08 Å². The molecular formula is C21H19NO3S2. The van der Waals surface area contributed by atoms with Gasteiger partial charge in [-0.15, -0.1) is 0 Å². The zero-order chi connectivity index (χ0) is 19.4. The molecular weight excluding hydrogens is 378 g/mol. The number of aliphatic carboxylic acids is 1. The number of rotatable bonds is 6. The maximum absolute atomic E-state index is 12.9.